The van der Waals surface area contributed by atoms with Gasteiger partial charge in [0, 0.05) is 10.6 Å². The van der Waals surface area contributed by atoms with E-state index in [4.69, 9.17) is 0 Å². The Morgan fingerprint density at radius 3 is 2.40 bits per heavy atom. The molecule has 1 N–H and O–H groups in total. The highest BCUT2D eigenvalue weighted by atomic mass is 32.2. The number of benzene rings is 2. The predicted molar refractivity (Wildman–Crippen MR) is 86.2 cm³/mol. The Hall–Kier alpha value is -1.74. The lowest BCUT2D eigenvalue weighted by molar-refractivity contribution is -0.115. The number of carbonyl (C=O) groups excluding carboxylic acids is 1. The lowest BCUT2D eigenvalue weighted by atomic mass is 10.2. The van der Waals surface area contributed by atoms with Gasteiger partial charge in [0.15, 0.2) is 0 Å². The largest absolute Gasteiger partial charge is 0.325 e. The number of hydrogen-bond donors (Lipinski definition) is 1. The van der Waals surface area contributed by atoms with Gasteiger partial charge in [-0.1, -0.05) is 43.3 Å². The average Bonchev–Trinajstić information content (AvgIpc) is 2.48. The van der Waals surface area contributed by atoms with Gasteiger partial charge in [-0.2, -0.15) is 0 Å². The third-order valence-corrected chi connectivity index (χ3v) is 4.46. The van der Waals surface area contributed by atoms with Crippen LogP contribution in [0.2, 0.25) is 0 Å². The first-order valence-electron chi connectivity index (χ1n) is 6.79. The molecule has 0 fully saturated rings. The molecule has 3 heteroatoms. The lowest BCUT2D eigenvalue weighted by Gasteiger charge is -2.15. The van der Waals surface area contributed by atoms with Crippen molar-refractivity contribution in [3.8, 4) is 0 Å². The molecule has 0 bridgehead atoms. The van der Waals surface area contributed by atoms with Crippen molar-refractivity contribution in [1.29, 1.82) is 0 Å². The van der Waals surface area contributed by atoms with E-state index in [9.17, 15) is 4.79 Å². The molecule has 0 aliphatic rings. The zero-order valence-corrected chi connectivity index (χ0v) is 12.6. The standard InChI is InChI=1S/C17H19NOS/c1-3-16(20-14-10-5-4-6-11-14)17(19)18-15-12-8-7-9-13(15)2/h4-12,16H,3H2,1-2H3,(H,18,19). The molecule has 1 atom stereocenters. The molecular weight excluding hydrogens is 266 g/mol. The number of amides is 1. The molecule has 0 aliphatic heterocycles. The first-order valence-corrected chi connectivity index (χ1v) is 7.67. The van der Waals surface area contributed by atoms with Gasteiger partial charge in [-0.3, -0.25) is 4.79 Å². The average molecular weight is 285 g/mol. The van der Waals surface area contributed by atoms with Gasteiger partial charge in [0.2, 0.25) is 5.91 Å². The van der Waals surface area contributed by atoms with Crippen molar-refractivity contribution >= 4 is 23.4 Å². The summed E-state index contributed by atoms with van der Waals surface area (Å²) in [6, 6.07) is 17.9. The molecular formula is C17H19NOS. The molecule has 0 spiro atoms. The van der Waals surface area contributed by atoms with Gasteiger partial charge in [-0.15, -0.1) is 11.8 Å². The number of hydrogen-bond acceptors (Lipinski definition) is 2. The highest BCUT2D eigenvalue weighted by Gasteiger charge is 2.18. The summed E-state index contributed by atoms with van der Waals surface area (Å²) in [5.74, 6) is 0.0654. The van der Waals surface area contributed by atoms with Gasteiger partial charge in [-0.05, 0) is 37.1 Å². The fourth-order valence-electron chi connectivity index (χ4n) is 1.91. The fraction of sp³-hybridized carbons (Fsp3) is 0.235. The lowest BCUT2D eigenvalue weighted by Crippen LogP contribution is -2.24. The molecule has 1 unspecified atom stereocenters. The molecule has 1 amide bonds. The highest BCUT2D eigenvalue weighted by Crippen LogP contribution is 2.26. The van der Waals surface area contributed by atoms with Gasteiger partial charge in [-0.25, -0.2) is 0 Å². The van der Waals surface area contributed by atoms with Crippen molar-refractivity contribution in [3.63, 3.8) is 0 Å². The van der Waals surface area contributed by atoms with Gasteiger partial charge in [0.05, 0.1) is 5.25 Å². The van der Waals surface area contributed by atoms with Crippen LogP contribution in [0.5, 0.6) is 0 Å². The number of aryl methyl sites for hydroxylation is 1. The molecule has 0 aromatic heterocycles. The quantitative estimate of drug-likeness (QED) is 0.819. The van der Waals surface area contributed by atoms with Crippen molar-refractivity contribution in [3.05, 3.63) is 60.2 Å². The number of thioether (sulfide) groups is 1. The molecule has 0 saturated heterocycles. The van der Waals surface area contributed by atoms with Gasteiger partial charge in [0.1, 0.15) is 0 Å². The molecule has 2 rings (SSSR count). The zero-order chi connectivity index (χ0) is 14.4. The summed E-state index contributed by atoms with van der Waals surface area (Å²) < 4.78 is 0. The van der Waals surface area contributed by atoms with Crippen LogP contribution in [-0.2, 0) is 4.79 Å². The van der Waals surface area contributed by atoms with Crippen LogP contribution in [0.3, 0.4) is 0 Å². The van der Waals surface area contributed by atoms with Crippen LogP contribution in [0.15, 0.2) is 59.5 Å². The number of rotatable bonds is 5. The minimum absolute atomic E-state index is 0.0654. The summed E-state index contributed by atoms with van der Waals surface area (Å²) in [6.07, 6.45) is 0.803. The van der Waals surface area contributed by atoms with Crippen LogP contribution in [0.4, 0.5) is 5.69 Å². The molecule has 0 saturated carbocycles. The second-order valence-electron chi connectivity index (χ2n) is 4.63. The molecule has 2 aromatic carbocycles. The van der Waals surface area contributed by atoms with E-state index in [-0.39, 0.29) is 11.2 Å². The maximum Gasteiger partial charge on any atom is 0.237 e. The third-order valence-electron chi connectivity index (χ3n) is 3.09. The maximum atomic E-state index is 12.4. The first-order chi connectivity index (χ1) is 9.70. The minimum atomic E-state index is -0.0722. The van der Waals surface area contributed by atoms with E-state index in [2.05, 4.69) is 5.32 Å². The summed E-state index contributed by atoms with van der Waals surface area (Å²) in [5.41, 5.74) is 1.98. The van der Waals surface area contributed by atoms with Gasteiger partial charge in [0.25, 0.3) is 0 Å². The minimum Gasteiger partial charge on any atom is -0.325 e. The molecule has 20 heavy (non-hydrogen) atoms. The van der Waals surface area contributed by atoms with Crippen molar-refractivity contribution in [2.45, 2.75) is 30.4 Å². The van der Waals surface area contributed by atoms with Crippen molar-refractivity contribution < 1.29 is 4.79 Å². The molecule has 0 radical (unpaired) electrons. The molecule has 2 nitrogen and oxygen atoms in total. The van der Waals surface area contributed by atoms with E-state index in [1.165, 1.54) is 0 Å². The Labute approximate surface area is 124 Å². The van der Waals surface area contributed by atoms with E-state index < -0.39 is 0 Å². The highest BCUT2D eigenvalue weighted by molar-refractivity contribution is 8.00. The monoisotopic (exact) mass is 285 g/mol. The van der Waals surface area contributed by atoms with Crippen LogP contribution < -0.4 is 5.32 Å². The van der Waals surface area contributed by atoms with Crippen molar-refractivity contribution in [1.82, 2.24) is 0 Å². The summed E-state index contributed by atoms with van der Waals surface area (Å²) in [7, 11) is 0. The summed E-state index contributed by atoms with van der Waals surface area (Å²) >= 11 is 1.61. The predicted octanol–water partition coefficient (Wildman–Crippen LogP) is 4.50. The Bertz CT molecular complexity index is 568. The van der Waals surface area contributed by atoms with E-state index in [0.29, 0.717) is 0 Å². The molecule has 0 heterocycles. The second kappa shape index (κ2) is 7.15. The molecule has 2 aromatic rings. The molecule has 104 valence electrons. The number of nitrogens with one attached hydrogen (secondary N) is 1. The van der Waals surface area contributed by atoms with Crippen LogP contribution in [-0.4, -0.2) is 11.2 Å². The van der Waals surface area contributed by atoms with Crippen LogP contribution >= 0.6 is 11.8 Å². The van der Waals surface area contributed by atoms with Gasteiger partial charge < -0.3 is 5.32 Å². The summed E-state index contributed by atoms with van der Waals surface area (Å²) in [4.78, 5) is 13.5. The van der Waals surface area contributed by atoms with Crippen LogP contribution in [0.1, 0.15) is 18.9 Å². The van der Waals surface area contributed by atoms with Crippen LogP contribution in [0.25, 0.3) is 0 Å². The number of anilines is 1. The number of carbonyl (C=O) groups is 1. The Kier molecular flexibility index (Phi) is 5.24. The second-order valence-corrected chi connectivity index (χ2v) is 5.91. The molecule has 0 aliphatic carbocycles. The normalized spacial score (nSPS) is 11.9. The Balaban J connectivity index is 2.04. The fourth-order valence-corrected chi connectivity index (χ4v) is 2.89. The Morgan fingerprint density at radius 2 is 1.75 bits per heavy atom. The zero-order valence-electron chi connectivity index (χ0n) is 11.8. The van der Waals surface area contributed by atoms with Crippen molar-refractivity contribution in [2.24, 2.45) is 0 Å². The summed E-state index contributed by atoms with van der Waals surface area (Å²) in [6.45, 7) is 4.04. The maximum absolute atomic E-state index is 12.4. The smallest absolute Gasteiger partial charge is 0.237 e. The Morgan fingerprint density at radius 1 is 1.10 bits per heavy atom. The van der Waals surface area contributed by atoms with E-state index in [1.807, 2.05) is 68.4 Å². The van der Waals surface area contributed by atoms with Crippen LogP contribution in [0, 0.1) is 6.92 Å². The number of para-hydroxylation sites is 1. The third kappa shape index (κ3) is 3.87. The van der Waals surface area contributed by atoms with Crippen molar-refractivity contribution in [2.75, 3.05) is 5.32 Å². The summed E-state index contributed by atoms with van der Waals surface area (Å²) in [5, 5.41) is 2.95. The van der Waals surface area contributed by atoms with E-state index in [1.54, 1.807) is 11.8 Å². The van der Waals surface area contributed by atoms with E-state index in [0.717, 1.165) is 22.6 Å². The topological polar surface area (TPSA) is 29.1 Å². The SMILES string of the molecule is CCC(Sc1ccccc1)C(=O)Nc1ccccc1C. The first kappa shape index (κ1) is 14.7. The van der Waals surface area contributed by atoms with E-state index >= 15 is 0 Å². The van der Waals surface area contributed by atoms with Gasteiger partial charge >= 0.3 is 0 Å².